The third-order valence-electron chi connectivity index (χ3n) is 1.60. The molecule has 0 radical (unpaired) electrons. The van der Waals surface area contributed by atoms with E-state index in [4.69, 9.17) is 17.3 Å². The molecule has 0 fully saturated rings. The Morgan fingerprint density at radius 3 is 2.75 bits per heavy atom. The lowest BCUT2D eigenvalue weighted by Crippen LogP contribution is -2.06. The number of nitrogens with zero attached hydrogens (tertiary/aromatic N) is 2. The Bertz CT molecular complexity index is 255. The maximum Gasteiger partial charge on any atom is 0.131 e. The summed E-state index contributed by atoms with van der Waals surface area (Å²) in [7, 11) is 0. The Balaban J connectivity index is 2.80. The molecule has 0 aliphatic heterocycles. The molecule has 0 spiro atoms. The summed E-state index contributed by atoms with van der Waals surface area (Å²) >= 11 is 5.99. The van der Waals surface area contributed by atoms with Crippen LogP contribution < -0.4 is 5.73 Å². The van der Waals surface area contributed by atoms with Gasteiger partial charge in [-0.25, -0.2) is 0 Å². The fourth-order valence-corrected chi connectivity index (χ4v) is 1.26. The Morgan fingerprint density at radius 1 is 1.67 bits per heavy atom. The standard InChI is InChI=1S/C8H14ClN3/c1-6(2)5-12-8(9)7(3-10)4-11-12/h4,6H,3,5,10H2,1-2H3. The summed E-state index contributed by atoms with van der Waals surface area (Å²) in [4.78, 5) is 0. The molecule has 1 aromatic rings. The monoisotopic (exact) mass is 187 g/mol. The van der Waals surface area contributed by atoms with Crippen LogP contribution >= 0.6 is 11.6 Å². The van der Waals surface area contributed by atoms with Crippen LogP contribution in [0.3, 0.4) is 0 Å². The number of aromatic nitrogens is 2. The van der Waals surface area contributed by atoms with E-state index in [2.05, 4.69) is 18.9 Å². The molecule has 0 aromatic carbocycles. The van der Waals surface area contributed by atoms with Gasteiger partial charge in [0.15, 0.2) is 0 Å². The minimum atomic E-state index is 0.455. The second-order valence-corrected chi connectivity index (χ2v) is 3.60. The highest BCUT2D eigenvalue weighted by Crippen LogP contribution is 2.15. The lowest BCUT2D eigenvalue weighted by atomic mass is 10.2. The van der Waals surface area contributed by atoms with Gasteiger partial charge in [-0.1, -0.05) is 25.4 Å². The Hall–Kier alpha value is -0.540. The van der Waals surface area contributed by atoms with Crippen LogP contribution in [-0.2, 0) is 13.1 Å². The maximum atomic E-state index is 5.99. The third kappa shape index (κ3) is 1.99. The fourth-order valence-electron chi connectivity index (χ4n) is 1.02. The zero-order valence-electron chi connectivity index (χ0n) is 7.42. The predicted molar refractivity (Wildman–Crippen MR) is 50.0 cm³/mol. The van der Waals surface area contributed by atoms with Crippen LogP contribution in [0.4, 0.5) is 0 Å². The van der Waals surface area contributed by atoms with Gasteiger partial charge in [0.2, 0.25) is 0 Å². The van der Waals surface area contributed by atoms with Gasteiger partial charge >= 0.3 is 0 Å². The average Bonchev–Trinajstić information content (AvgIpc) is 2.32. The van der Waals surface area contributed by atoms with Gasteiger partial charge in [0.1, 0.15) is 5.15 Å². The van der Waals surface area contributed by atoms with Crippen LogP contribution in [0, 0.1) is 5.92 Å². The summed E-state index contributed by atoms with van der Waals surface area (Å²) in [6, 6.07) is 0. The van der Waals surface area contributed by atoms with Crippen LogP contribution in [0.5, 0.6) is 0 Å². The molecule has 0 aliphatic carbocycles. The molecule has 0 bridgehead atoms. The summed E-state index contributed by atoms with van der Waals surface area (Å²) < 4.78 is 1.79. The molecule has 0 unspecified atom stereocenters. The number of nitrogens with two attached hydrogens (primary N) is 1. The molecule has 68 valence electrons. The van der Waals surface area contributed by atoms with Gasteiger partial charge in [-0.3, -0.25) is 4.68 Å². The van der Waals surface area contributed by atoms with Crippen molar-refractivity contribution in [1.82, 2.24) is 9.78 Å². The first kappa shape index (κ1) is 9.55. The van der Waals surface area contributed by atoms with Crippen molar-refractivity contribution >= 4 is 11.6 Å². The van der Waals surface area contributed by atoms with E-state index in [9.17, 15) is 0 Å². The SMILES string of the molecule is CC(C)Cn1ncc(CN)c1Cl. The molecule has 1 heterocycles. The van der Waals surface area contributed by atoms with E-state index in [1.54, 1.807) is 10.9 Å². The molecule has 0 saturated heterocycles. The van der Waals surface area contributed by atoms with E-state index in [-0.39, 0.29) is 0 Å². The van der Waals surface area contributed by atoms with Crippen LogP contribution in [0.1, 0.15) is 19.4 Å². The van der Waals surface area contributed by atoms with E-state index in [0.29, 0.717) is 17.6 Å². The van der Waals surface area contributed by atoms with Crippen molar-refractivity contribution in [2.75, 3.05) is 0 Å². The van der Waals surface area contributed by atoms with E-state index in [1.807, 2.05) is 0 Å². The van der Waals surface area contributed by atoms with Gasteiger partial charge in [-0.15, -0.1) is 0 Å². The van der Waals surface area contributed by atoms with Crippen molar-refractivity contribution < 1.29 is 0 Å². The number of hydrogen-bond donors (Lipinski definition) is 1. The molecule has 3 nitrogen and oxygen atoms in total. The Kier molecular flexibility index (Phi) is 3.12. The first-order valence-corrected chi connectivity index (χ1v) is 4.43. The minimum absolute atomic E-state index is 0.455. The second-order valence-electron chi connectivity index (χ2n) is 3.24. The van der Waals surface area contributed by atoms with Gasteiger partial charge in [-0.05, 0) is 5.92 Å². The Labute approximate surface area is 77.5 Å². The number of hydrogen-bond acceptors (Lipinski definition) is 2. The van der Waals surface area contributed by atoms with Gasteiger partial charge in [0.25, 0.3) is 0 Å². The summed E-state index contributed by atoms with van der Waals surface area (Å²) in [5.74, 6) is 0.549. The Morgan fingerprint density at radius 2 is 2.33 bits per heavy atom. The summed E-state index contributed by atoms with van der Waals surface area (Å²) in [5.41, 5.74) is 6.37. The lowest BCUT2D eigenvalue weighted by molar-refractivity contribution is 0.483. The highest BCUT2D eigenvalue weighted by molar-refractivity contribution is 6.30. The molecule has 2 N–H and O–H groups in total. The highest BCUT2D eigenvalue weighted by atomic mass is 35.5. The minimum Gasteiger partial charge on any atom is -0.326 e. The maximum absolute atomic E-state index is 5.99. The van der Waals surface area contributed by atoms with Gasteiger partial charge in [0, 0.05) is 18.7 Å². The molecular weight excluding hydrogens is 174 g/mol. The predicted octanol–water partition coefficient (Wildman–Crippen LogP) is 1.65. The fraction of sp³-hybridized carbons (Fsp3) is 0.625. The lowest BCUT2D eigenvalue weighted by Gasteiger charge is -2.05. The van der Waals surface area contributed by atoms with E-state index in [0.717, 1.165) is 12.1 Å². The van der Waals surface area contributed by atoms with Crippen molar-refractivity contribution in [1.29, 1.82) is 0 Å². The van der Waals surface area contributed by atoms with Crippen molar-refractivity contribution in [3.63, 3.8) is 0 Å². The van der Waals surface area contributed by atoms with Crippen molar-refractivity contribution in [2.24, 2.45) is 11.7 Å². The van der Waals surface area contributed by atoms with Crippen molar-refractivity contribution in [2.45, 2.75) is 26.9 Å². The van der Waals surface area contributed by atoms with Crippen LogP contribution in [0.2, 0.25) is 5.15 Å². The molecule has 4 heteroatoms. The zero-order valence-corrected chi connectivity index (χ0v) is 8.17. The second kappa shape index (κ2) is 3.92. The van der Waals surface area contributed by atoms with Crippen molar-refractivity contribution in [3.05, 3.63) is 16.9 Å². The van der Waals surface area contributed by atoms with Gasteiger partial charge in [0.05, 0.1) is 6.20 Å². The summed E-state index contributed by atoms with van der Waals surface area (Å²) in [5, 5.41) is 4.80. The summed E-state index contributed by atoms with van der Waals surface area (Å²) in [6.45, 7) is 5.55. The zero-order chi connectivity index (χ0) is 9.14. The van der Waals surface area contributed by atoms with Gasteiger partial charge < -0.3 is 5.73 Å². The molecule has 1 aromatic heterocycles. The quantitative estimate of drug-likeness (QED) is 0.782. The van der Waals surface area contributed by atoms with E-state index in [1.165, 1.54) is 0 Å². The molecule has 1 rings (SSSR count). The molecule has 0 aliphatic rings. The molecule has 12 heavy (non-hydrogen) atoms. The topological polar surface area (TPSA) is 43.8 Å². The van der Waals surface area contributed by atoms with Crippen LogP contribution in [0.25, 0.3) is 0 Å². The van der Waals surface area contributed by atoms with Gasteiger partial charge in [-0.2, -0.15) is 5.10 Å². The molecular formula is C8H14ClN3. The van der Waals surface area contributed by atoms with Crippen LogP contribution in [-0.4, -0.2) is 9.78 Å². The largest absolute Gasteiger partial charge is 0.326 e. The van der Waals surface area contributed by atoms with E-state index >= 15 is 0 Å². The highest BCUT2D eigenvalue weighted by Gasteiger charge is 2.07. The van der Waals surface area contributed by atoms with Crippen molar-refractivity contribution in [3.8, 4) is 0 Å². The normalized spacial score (nSPS) is 11.1. The first-order valence-electron chi connectivity index (χ1n) is 4.05. The smallest absolute Gasteiger partial charge is 0.131 e. The molecule has 0 saturated carbocycles. The molecule has 0 atom stereocenters. The third-order valence-corrected chi connectivity index (χ3v) is 2.04. The first-order chi connectivity index (χ1) is 5.65. The average molecular weight is 188 g/mol. The number of halogens is 1. The summed E-state index contributed by atoms with van der Waals surface area (Å²) in [6.07, 6.45) is 1.73. The molecule has 0 amide bonds. The van der Waals surface area contributed by atoms with Crippen LogP contribution in [0.15, 0.2) is 6.20 Å². The van der Waals surface area contributed by atoms with E-state index < -0.39 is 0 Å². The number of rotatable bonds is 3.